The molecule has 8 heteroatoms. The Morgan fingerprint density at radius 1 is 1.03 bits per heavy atom. The van der Waals surface area contributed by atoms with Gasteiger partial charge in [-0.15, -0.1) is 0 Å². The summed E-state index contributed by atoms with van der Waals surface area (Å²) in [5, 5.41) is 0. The summed E-state index contributed by atoms with van der Waals surface area (Å²) in [5.41, 5.74) is 0.963. The van der Waals surface area contributed by atoms with E-state index in [4.69, 9.17) is 28.4 Å². The number of ether oxygens (including phenoxy) is 6. The Bertz CT molecular complexity index is 1040. The zero-order chi connectivity index (χ0) is 22.4. The summed E-state index contributed by atoms with van der Waals surface area (Å²) in [7, 11) is 4.55. The van der Waals surface area contributed by atoms with Crippen LogP contribution in [0.2, 0.25) is 0 Å². The number of carbonyl (C=O) groups is 2. The number of hydrogen-bond donors (Lipinski definition) is 0. The molecule has 1 aliphatic rings. The number of allylic oxidation sites excluding steroid dienone is 1. The Labute approximate surface area is 179 Å². The number of Topliss-reactive ketones (excluding diaryl/α,β-unsaturated/α-hetero) is 1. The molecular weight excluding hydrogens is 404 g/mol. The largest absolute Gasteiger partial charge is 0.496 e. The van der Waals surface area contributed by atoms with Crippen LogP contribution < -0.4 is 23.7 Å². The maximum Gasteiger partial charge on any atom is 0.344 e. The smallest absolute Gasteiger partial charge is 0.344 e. The van der Waals surface area contributed by atoms with E-state index in [0.717, 1.165) is 0 Å². The minimum absolute atomic E-state index is 0.109. The van der Waals surface area contributed by atoms with Gasteiger partial charge >= 0.3 is 5.97 Å². The van der Waals surface area contributed by atoms with Crippen LogP contribution in [-0.4, -0.2) is 46.3 Å². The van der Waals surface area contributed by atoms with E-state index in [1.54, 1.807) is 36.4 Å². The minimum Gasteiger partial charge on any atom is -0.496 e. The second kappa shape index (κ2) is 9.71. The van der Waals surface area contributed by atoms with Crippen LogP contribution in [0.1, 0.15) is 15.9 Å². The lowest BCUT2D eigenvalue weighted by molar-refractivity contribution is -0.144. The van der Waals surface area contributed by atoms with E-state index >= 15 is 0 Å². The van der Waals surface area contributed by atoms with Gasteiger partial charge in [0.1, 0.15) is 23.9 Å². The average Bonchev–Trinajstić information content (AvgIpc) is 3.10. The first kappa shape index (κ1) is 21.8. The fourth-order valence-electron chi connectivity index (χ4n) is 2.90. The standard InChI is InChI=1S/C23H22O8/c1-5-8-29-22(24)13-30-15-6-7-16-18(11-15)31-21(23(16)25)10-14-9-19(27-3)20(28-4)12-17(14)26-2/h5-7,9-12H,1,8,13H2,2-4H3/b21-10-. The third-order valence-corrected chi connectivity index (χ3v) is 4.38. The van der Waals surface area contributed by atoms with Crippen LogP contribution >= 0.6 is 0 Å². The SMILES string of the molecule is C=CCOC(=O)COc1ccc2c(c1)O/C(=C\c1cc(OC)c(OC)cc1OC)C2=O. The molecule has 0 unspecified atom stereocenters. The number of rotatable bonds is 9. The van der Waals surface area contributed by atoms with E-state index in [1.165, 1.54) is 27.4 Å². The van der Waals surface area contributed by atoms with Crippen molar-refractivity contribution in [2.75, 3.05) is 34.5 Å². The predicted octanol–water partition coefficient (Wildman–Crippen LogP) is 3.44. The summed E-state index contributed by atoms with van der Waals surface area (Å²) in [5.74, 6) is 1.46. The molecule has 0 saturated heterocycles. The summed E-state index contributed by atoms with van der Waals surface area (Å²) >= 11 is 0. The molecule has 1 heterocycles. The molecule has 162 valence electrons. The summed E-state index contributed by atoms with van der Waals surface area (Å²) in [6.45, 7) is 3.31. The van der Waals surface area contributed by atoms with Crippen molar-refractivity contribution in [3.8, 4) is 28.7 Å². The van der Waals surface area contributed by atoms with Gasteiger partial charge in [-0.05, 0) is 24.3 Å². The van der Waals surface area contributed by atoms with Crippen molar-refractivity contribution in [1.29, 1.82) is 0 Å². The van der Waals surface area contributed by atoms with Crippen molar-refractivity contribution in [3.63, 3.8) is 0 Å². The van der Waals surface area contributed by atoms with Crippen LogP contribution in [0.25, 0.3) is 6.08 Å². The highest BCUT2D eigenvalue weighted by atomic mass is 16.6. The minimum atomic E-state index is -0.529. The lowest BCUT2D eigenvalue weighted by Crippen LogP contribution is -2.14. The molecule has 0 N–H and O–H groups in total. The van der Waals surface area contributed by atoms with Crippen molar-refractivity contribution in [1.82, 2.24) is 0 Å². The van der Waals surface area contributed by atoms with Gasteiger partial charge in [-0.1, -0.05) is 12.7 Å². The lowest BCUT2D eigenvalue weighted by atomic mass is 10.1. The van der Waals surface area contributed by atoms with Crippen LogP contribution in [0, 0.1) is 0 Å². The van der Waals surface area contributed by atoms with Gasteiger partial charge in [0.05, 0.1) is 26.9 Å². The summed E-state index contributed by atoms with van der Waals surface area (Å²) in [6.07, 6.45) is 3.03. The Balaban J connectivity index is 1.82. The Hall–Kier alpha value is -3.94. The van der Waals surface area contributed by atoms with E-state index in [2.05, 4.69) is 6.58 Å². The number of esters is 1. The topological polar surface area (TPSA) is 89.5 Å². The molecule has 0 saturated carbocycles. The maximum absolute atomic E-state index is 12.8. The third kappa shape index (κ3) is 4.80. The molecule has 8 nitrogen and oxygen atoms in total. The molecule has 0 fully saturated rings. The third-order valence-electron chi connectivity index (χ3n) is 4.38. The van der Waals surface area contributed by atoms with E-state index < -0.39 is 5.97 Å². The second-order valence-corrected chi connectivity index (χ2v) is 6.31. The molecule has 1 aliphatic heterocycles. The average molecular weight is 426 g/mol. The van der Waals surface area contributed by atoms with Crippen molar-refractivity contribution in [2.45, 2.75) is 0 Å². The van der Waals surface area contributed by atoms with Gasteiger partial charge in [-0.3, -0.25) is 4.79 Å². The van der Waals surface area contributed by atoms with E-state index in [1.807, 2.05) is 0 Å². The zero-order valence-corrected chi connectivity index (χ0v) is 17.4. The molecule has 0 spiro atoms. The Kier molecular flexibility index (Phi) is 6.81. The Morgan fingerprint density at radius 3 is 2.42 bits per heavy atom. The van der Waals surface area contributed by atoms with E-state index in [0.29, 0.717) is 39.9 Å². The zero-order valence-electron chi connectivity index (χ0n) is 17.4. The van der Waals surface area contributed by atoms with Crippen molar-refractivity contribution in [3.05, 3.63) is 59.9 Å². The first-order chi connectivity index (χ1) is 15.0. The van der Waals surface area contributed by atoms with Crippen molar-refractivity contribution in [2.24, 2.45) is 0 Å². The van der Waals surface area contributed by atoms with Gasteiger partial charge in [0.2, 0.25) is 5.78 Å². The number of benzene rings is 2. The fourth-order valence-corrected chi connectivity index (χ4v) is 2.90. The predicted molar refractivity (Wildman–Crippen MR) is 112 cm³/mol. The van der Waals surface area contributed by atoms with Gasteiger partial charge in [0, 0.05) is 17.7 Å². The normalized spacial score (nSPS) is 13.3. The molecule has 3 rings (SSSR count). The highest BCUT2D eigenvalue weighted by Crippen LogP contribution is 2.39. The Morgan fingerprint density at radius 2 is 1.74 bits per heavy atom. The molecule has 0 bridgehead atoms. The van der Waals surface area contributed by atoms with Crippen LogP contribution in [0.4, 0.5) is 0 Å². The maximum atomic E-state index is 12.8. The van der Waals surface area contributed by atoms with Gasteiger partial charge < -0.3 is 28.4 Å². The number of hydrogen-bond acceptors (Lipinski definition) is 8. The first-order valence-electron chi connectivity index (χ1n) is 9.28. The molecule has 2 aromatic rings. The van der Waals surface area contributed by atoms with Gasteiger partial charge in [0.25, 0.3) is 0 Å². The van der Waals surface area contributed by atoms with Crippen LogP contribution in [0.15, 0.2) is 48.7 Å². The molecule has 0 aliphatic carbocycles. The van der Waals surface area contributed by atoms with Crippen LogP contribution in [0.3, 0.4) is 0 Å². The second-order valence-electron chi connectivity index (χ2n) is 6.31. The molecule has 0 amide bonds. The monoisotopic (exact) mass is 426 g/mol. The molecule has 0 atom stereocenters. The van der Waals surface area contributed by atoms with Gasteiger partial charge in [-0.2, -0.15) is 0 Å². The number of ketones is 1. The molecular formula is C23H22O8. The van der Waals surface area contributed by atoms with Crippen LogP contribution in [0.5, 0.6) is 28.7 Å². The molecule has 0 aromatic heterocycles. The summed E-state index contributed by atoms with van der Waals surface area (Å²) in [4.78, 5) is 24.3. The molecule has 31 heavy (non-hydrogen) atoms. The highest BCUT2D eigenvalue weighted by Gasteiger charge is 2.28. The number of fused-ring (bicyclic) bond motifs is 1. The highest BCUT2D eigenvalue weighted by molar-refractivity contribution is 6.14. The summed E-state index contributed by atoms with van der Waals surface area (Å²) < 4.78 is 32.0. The van der Waals surface area contributed by atoms with E-state index in [-0.39, 0.29) is 24.8 Å². The summed E-state index contributed by atoms with van der Waals surface area (Å²) in [6, 6.07) is 8.05. The number of methoxy groups -OCH3 is 3. The van der Waals surface area contributed by atoms with Gasteiger partial charge in [-0.25, -0.2) is 4.79 Å². The number of carbonyl (C=O) groups excluding carboxylic acids is 2. The van der Waals surface area contributed by atoms with Gasteiger partial charge in [0.15, 0.2) is 23.9 Å². The lowest BCUT2D eigenvalue weighted by Gasteiger charge is -2.12. The van der Waals surface area contributed by atoms with Crippen molar-refractivity contribution >= 4 is 17.8 Å². The molecule has 0 radical (unpaired) electrons. The first-order valence-corrected chi connectivity index (χ1v) is 9.28. The fraction of sp³-hybridized carbons (Fsp3) is 0.217. The van der Waals surface area contributed by atoms with Crippen LogP contribution in [-0.2, 0) is 9.53 Å². The quantitative estimate of drug-likeness (QED) is 0.342. The molecule has 2 aromatic carbocycles. The van der Waals surface area contributed by atoms with E-state index in [9.17, 15) is 9.59 Å². The van der Waals surface area contributed by atoms with Crippen molar-refractivity contribution < 1.29 is 38.0 Å².